The minimum atomic E-state index is -0.247. The number of benzene rings is 2. The van der Waals surface area contributed by atoms with Crippen LogP contribution < -0.4 is 5.32 Å². The molecule has 2 aromatic carbocycles. The van der Waals surface area contributed by atoms with Crippen LogP contribution in [-0.4, -0.2) is 29.2 Å². The van der Waals surface area contributed by atoms with Gasteiger partial charge in [-0.3, -0.25) is 9.59 Å². The molecule has 1 N–H and O–H groups in total. The first kappa shape index (κ1) is 18.4. The summed E-state index contributed by atoms with van der Waals surface area (Å²) < 4.78 is 6.68. The lowest BCUT2D eigenvalue weighted by Gasteiger charge is -2.05. The highest BCUT2D eigenvalue weighted by Crippen LogP contribution is 2.31. The average molecular weight is 386 g/mol. The number of fused-ring (bicyclic) bond motifs is 1. The van der Waals surface area contributed by atoms with Crippen molar-refractivity contribution >= 4 is 50.9 Å². The summed E-state index contributed by atoms with van der Waals surface area (Å²) in [4.78, 5) is 28.3. The smallest absolute Gasteiger partial charge is 0.316 e. The van der Waals surface area contributed by atoms with Crippen molar-refractivity contribution in [3.05, 3.63) is 53.6 Å². The molecule has 0 unspecified atom stereocenters. The first-order valence-electron chi connectivity index (χ1n) is 8.12. The highest BCUT2D eigenvalue weighted by molar-refractivity contribution is 8.01. The number of amides is 1. The Hall–Kier alpha value is -2.38. The average Bonchev–Trinajstić information content (AvgIpc) is 3.03. The number of hydrogen-bond donors (Lipinski definition) is 1. The molecule has 7 heteroatoms. The van der Waals surface area contributed by atoms with Gasteiger partial charge in [0.15, 0.2) is 4.34 Å². The predicted octanol–water partition coefficient (Wildman–Crippen LogP) is 4.51. The van der Waals surface area contributed by atoms with Crippen LogP contribution in [0.15, 0.2) is 46.8 Å². The van der Waals surface area contributed by atoms with Gasteiger partial charge in [-0.15, -0.1) is 11.3 Å². The molecule has 5 nitrogen and oxygen atoms in total. The van der Waals surface area contributed by atoms with Crippen molar-refractivity contribution in [2.24, 2.45) is 0 Å². The molecule has 1 amide bonds. The van der Waals surface area contributed by atoms with Crippen molar-refractivity contribution in [2.75, 3.05) is 17.7 Å². The number of rotatable bonds is 6. The summed E-state index contributed by atoms with van der Waals surface area (Å²) in [6.07, 6.45) is 0. The number of anilines is 1. The van der Waals surface area contributed by atoms with E-state index in [-0.39, 0.29) is 17.6 Å². The van der Waals surface area contributed by atoms with Gasteiger partial charge in [-0.05, 0) is 44.2 Å². The van der Waals surface area contributed by atoms with Gasteiger partial charge in [0.2, 0.25) is 0 Å². The number of ether oxygens (including phenoxy) is 1. The molecule has 0 aliphatic heterocycles. The Kier molecular flexibility index (Phi) is 5.90. The molecule has 1 heterocycles. The molecule has 0 saturated carbocycles. The number of thiazole rings is 1. The molecule has 0 spiro atoms. The molecule has 134 valence electrons. The van der Waals surface area contributed by atoms with E-state index in [1.807, 2.05) is 37.3 Å². The number of thioether (sulfide) groups is 1. The van der Waals surface area contributed by atoms with E-state index in [2.05, 4.69) is 10.3 Å². The van der Waals surface area contributed by atoms with E-state index in [1.54, 1.807) is 19.1 Å². The molecule has 26 heavy (non-hydrogen) atoms. The van der Waals surface area contributed by atoms with Crippen LogP contribution in [0.1, 0.15) is 22.8 Å². The van der Waals surface area contributed by atoms with Gasteiger partial charge in [0.05, 0.1) is 22.6 Å². The van der Waals surface area contributed by atoms with Crippen LogP contribution in [0.4, 0.5) is 5.69 Å². The van der Waals surface area contributed by atoms with E-state index in [0.717, 1.165) is 20.1 Å². The van der Waals surface area contributed by atoms with Gasteiger partial charge in [-0.1, -0.05) is 29.5 Å². The van der Waals surface area contributed by atoms with Gasteiger partial charge < -0.3 is 10.1 Å². The summed E-state index contributed by atoms with van der Waals surface area (Å²) >= 11 is 2.85. The SMILES string of the molecule is CCOC(=O)CSc1nc2ccc(NC(=O)c3ccc(C)cc3)cc2s1. The molecule has 3 rings (SSSR count). The van der Waals surface area contributed by atoms with Crippen molar-refractivity contribution in [1.29, 1.82) is 0 Å². The quantitative estimate of drug-likeness (QED) is 0.499. The molecule has 0 atom stereocenters. The lowest BCUT2D eigenvalue weighted by atomic mass is 10.1. The molecular weight excluding hydrogens is 368 g/mol. The monoisotopic (exact) mass is 386 g/mol. The minimum Gasteiger partial charge on any atom is -0.465 e. The number of carbonyl (C=O) groups excluding carboxylic acids is 2. The molecule has 3 aromatic rings. The van der Waals surface area contributed by atoms with Crippen molar-refractivity contribution in [3.63, 3.8) is 0 Å². The molecule has 0 aliphatic carbocycles. The van der Waals surface area contributed by atoms with Crippen LogP contribution in [0.2, 0.25) is 0 Å². The zero-order valence-electron chi connectivity index (χ0n) is 14.4. The zero-order chi connectivity index (χ0) is 18.5. The van der Waals surface area contributed by atoms with Gasteiger partial charge >= 0.3 is 5.97 Å². The van der Waals surface area contributed by atoms with Gasteiger partial charge in [0.25, 0.3) is 5.91 Å². The fraction of sp³-hybridized carbons (Fsp3) is 0.211. The largest absolute Gasteiger partial charge is 0.465 e. The highest BCUT2D eigenvalue weighted by atomic mass is 32.2. The Balaban J connectivity index is 1.69. The molecule has 0 radical (unpaired) electrons. The Bertz CT molecular complexity index is 936. The standard InChI is InChI=1S/C19H18N2O3S2/c1-3-24-17(22)11-25-19-21-15-9-8-14(10-16(15)26-19)20-18(23)13-6-4-12(2)5-7-13/h4-10H,3,11H2,1-2H3,(H,20,23). The third kappa shape index (κ3) is 4.62. The van der Waals surface area contributed by atoms with Crippen molar-refractivity contribution in [3.8, 4) is 0 Å². The predicted molar refractivity (Wildman–Crippen MR) is 106 cm³/mol. The summed E-state index contributed by atoms with van der Waals surface area (Å²) in [5, 5.41) is 2.91. The van der Waals surface area contributed by atoms with Crippen molar-refractivity contribution < 1.29 is 14.3 Å². The molecule has 1 aromatic heterocycles. The Morgan fingerprint density at radius 3 is 2.69 bits per heavy atom. The topological polar surface area (TPSA) is 68.3 Å². The zero-order valence-corrected chi connectivity index (χ0v) is 16.1. The Labute approximate surface area is 159 Å². The number of nitrogens with one attached hydrogen (secondary N) is 1. The highest BCUT2D eigenvalue weighted by Gasteiger charge is 2.10. The number of aryl methyl sites for hydroxylation is 1. The van der Waals surface area contributed by atoms with Crippen molar-refractivity contribution in [1.82, 2.24) is 4.98 Å². The summed E-state index contributed by atoms with van der Waals surface area (Å²) in [6.45, 7) is 4.15. The second-order valence-electron chi connectivity index (χ2n) is 5.58. The number of esters is 1. The third-order valence-corrected chi connectivity index (χ3v) is 5.69. The van der Waals surface area contributed by atoms with Crippen LogP contribution in [0.3, 0.4) is 0 Å². The second kappa shape index (κ2) is 8.33. The van der Waals surface area contributed by atoms with Gasteiger partial charge in [-0.25, -0.2) is 4.98 Å². The Morgan fingerprint density at radius 1 is 1.19 bits per heavy atom. The minimum absolute atomic E-state index is 0.147. The Morgan fingerprint density at radius 2 is 1.96 bits per heavy atom. The van der Waals surface area contributed by atoms with Crippen LogP contribution in [-0.2, 0) is 9.53 Å². The van der Waals surface area contributed by atoms with Crippen LogP contribution in [0.25, 0.3) is 10.2 Å². The second-order valence-corrected chi connectivity index (χ2v) is 7.83. The third-order valence-electron chi connectivity index (χ3n) is 3.56. The number of hydrogen-bond acceptors (Lipinski definition) is 6. The molecule has 0 fully saturated rings. The fourth-order valence-corrected chi connectivity index (χ4v) is 4.18. The lowest BCUT2D eigenvalue weighted by Crippen LogP contribution is -2.11. The molecule has 0 aliphatic rings. The van der Waals surface area contributed by atoms with Crippen molar-refractivity contribution in [2.45, 2.75) is 18.2 Å². The van der Waals surface area contributed by atoms with Gasteiger partial charge in [-0.2, -0.15) is 0 Å². The summed E-state index contributed by atoms with van der Waals surface area (Å²) in [7, 11) is 0. The first-order valence-corrected chi connectivity index (χ1v) is 9.92. The van der Waals surface area contributed by atoms with Gasteiger partial charge in [0.1, 0.15) is 0 Å². The van der Waals surface area contributed by atoms with Crippen LogP contribution in [0, 0.1) is 6.92 Å². The van der Waals surface area contributed by atoms with E-state index >= 15 is 0 Å². The van der Waals surface area contributed by atoms with Crippen LogP contribution >= 0.6 is 23.1 Å². The summed E-state index contributed by atoms with van der Waals surface area (Å²) in [5.41, 5.74) is 3.29. The van der Waals surface area contributed by atoms with Gasteiger partial charge in [0, 0.05) is 11.3 Å². The first-order chi connectivity index (χ1) is 12.5. The van der Waals surface area contributed by atoms with Crippen LogP contribution in [0.5, 0.6) is 0 Å². The summed E-state index contributed by atoms with van der Waals surface area (Å²) in [5.74, 6) is -0.154. The number of aromatic nitrogens is 1. The normalized spacial score (nSPS) is 10.7. The van der Waals surface area contributed by atoms with E-state index in [9.17, 15) is 9.59 Å². The maximum absolute atomic E-state index is 12.3. The number of carbonyl (C=O) groups is 2. The van der Waals surface area contributed by atoms with E-state index < -0.39 is 0 Å². The van der Waals surface area contributed by atoms with E-state index in [4.69, 9.17) is 4.74 Å². The van der Waals surface area contributed by atoms with E-state index in [1.165, 1.54) is 23.1 Å². The lowest BCUT2D eigenvalue weighted by molar-refractivity contribution is -0.139. The maximum Gasteiger partial charge on any atom is 0.316 e. The summed E-state index contributed by atoms with van der Waals surface area (Å²) in [6, 6.07) is 13.0. The molecule has 0 bridgehead atoms. The fourth-order valence-electron chi connectivity index (χ4n) is 2.27. The maximum atomic E-state index is 12.3. The molecule has 0 saturated heterocycles. The van der Waals surface area contributed by atoms with E-state index in [0.29, 0.717) is 17.9 Å². The molecular formula is C19H18N2O3S2. The number of nitrogens with zero attached hydrogens (tertiary/aromatic N) is 1.